The van der Waals surface area contributed by atoms with Crippen molar-refractivity contribution in [3.8, 4) is 0 Å². The minimum atomic E-state index is -0.178. The molecule has 3 rings (SSSR count). The number of halogens is 1. The summed E-state index contributed by atoms with van der Waals surface area (Å²) < 4.78 is 12.9. The van der Waals surface area contributed by atoms with Crippen LogP contribution in [-0.2, 0) is 13.0 Å². The summed E-state index contributed by atoms with van der Waals surface area (Å²) in [4.78, 5) is 0. The maximum Gasteiger partial charge on any atom is 0.123 e. The predicted molar refractivity (Wildman–Crippen MR) is 88.4 cm³/mol. The molecule has 1 fully saturated rings. The lowest BCUT2D eigenvalue weighted by atomic mass is 10.0. The van der Waals surface area contributed by atoms with Crippen LogP contribution in [0.5, 0.6) is 0 Å². The first-order chi connectivity index (χ1) is 10.8. The lowest BCUT2D eigenvalue weighted by Crippen LogP contribution is -2.39. The van der Waals surface area contributed by atoms with Gasteiger partial charge in [-0.15, -0.1) is 0 Å². The Balaban J connectivity index is 1.52. The van der Waals surface area contributed by atoms with E-state index in [1.165, 1.54) is 36.1 Å². The SMILES string of the molecule is Fc1ccc(Cc2ccc(CNC3CCNCC3)cc2)cc1. The van der Waals surface area contributed by atoms with Gasteiger partial charge in [-0.1, -0.05) is 36.4 Å². The highest BCUT2D eigenvalue weighted by atomic mass is 19.1. The number of nitrogens with one attached hydrogen (secondary N) is 2. The molecular weight excluding hydrogens is 275 g/mol. The number of hydrogen-bond acceptors (Lipinski definition) is 2. The molecule has 0 amide bonds. The van der Waals surface area contributed by atoms with E-state index in [2.05, 4.69) is 34.9 Å². The van der Waals surface area contributed by atoms with Gasteiger partial charge in [-0.2, -0.15) is 0 Å². The van der Waals surface area contributed by atoms with Gasteiger partial charge < -0.3 is 10.6 Å². The molecule has 22 heavy (non-hydrogen) atoms. The number of hydrogen-bond donors (Lipinski definition) is 2. The van der Waals surface area contributed by atoms with E-state index in [4.69, 9.17) is 0 Å². The Morgan fingerprint density at radius 3 is 2.05 bits per heavy atom. The molecule has 2 aromatic rings. The normalized spacial score (nSPS) is 15.9. The standard InChI is InChI=1S/C19H23FN2/c20-18-7-5-16(6-8-18)13-15-1-3-17(4-2-15)14-22-19-9-11-21-12-10-19/h1-8,19,21-22H,9-14H2. The monoisotopic (exact) mass is 298 g/mol. The van der Waals surface area contributed by atoms with Gasteiger partial charge in [-0.05, 0) is 61.2 Å². The van der Waals surface area contributed by atoms with Crippen molar-refractivity contribution >= 4 is 0 Å². The zero-order chi connectivity index (χ0) is 15.2. The summed E-state index contributed by atoms with van der Waals surface area (Å²) in [5, 5.41) is 7.02. The third-order valence-corrected chi connectivity index (χ3v) is 4.28. The highest BCUT2D eigenvalue weighted by Crippen LogP contribution is 2.12. The Morgan fingerprint density at radius 2 is 1.41 bits per heavy atom. The van der Waals surface area contributed by atoms with Crippen molar-refractivity contribution in [2.45, 2.75) is 31.8 Å². The van der Waals surface area contributed by atoms with Crippen LogP contribution in [0.4, 0.5) is 4.39 Å². The second-order valence-electron chi connectivity index (χ2n) is 6.02. The molecule has 1 heterocycles. The van der Waals surface area contributed by atoms with E-state index in [1.54, 1.807) is 0 Å². The van der Waals surface area contributed by atoms with E-state index in [0.29, 0.717) is 6.04 Å². The van der Waals surface area contributed by atoms with Crippen molar-refractivity contribution in [1.82, 2.24) is 10.6 Å². The lowest BCUT2D eigenvalue weighted by Gasteiger charge is -2.23. The van der Waals surface area contributed by atoms with Crippen LogP contribution in [0.3, 0.4) is 0 Å². The molecule has 3 heteroatoms. The van der Waals surface area contributed by atoms with E-state index in [0.717, 1.165) is 31.6 Å². The van der Waals surface area contributed by atoms with Gasteiger partial charge in [0.05, 0.1) is 0 Å². The van der Waals surface area contributed by atoms with Crippen molar-refractivity contribution in [3.63, 3.8) is 0 Å². The summed E-state index contributed by atoms with van der Waals surface area (Å²) in [6.45, 7) is 3.17. The molecule has 0 unspecified atom stereocenters. The Morgan fingerprint density at radius 1 is 0.864 bits per heavy atom. The van der Waals surface area contributed by atoms with Gasteiger partial charge in [0.15, 0.2) is 0 Å². The largest absolute Gasteiger partial charge is 0.317 e. The van der Waals surface area contributed by atoms with Crippen molar-refractivity contribution in [2.75, 3.05) is 13.1 Å². The first kappa shape index (κ1) is 15.2. The van der Waals surface area contributed by atoms with Crippen molar-refractivity contribution in [2.24, 2.45) is 0 Å². The molecule has 1 aliphatic heterocycles. The fraction of sp³-hybridized carbons (Fsp3) is 0.368. The Hall–Kier alpha value is -1.71. The summed E-state index contributed by atoms with van der Waals surface area (Å²) in [5.41, 5.74) is 3.72. The Bertz CT molecular complexity index is 571. The zero-order valence-electron chi connectivity index (χ0n) is 12.8. The molecular formula is C19H23FN2. The van der Waals surface area contributed by atoms with E-state index in [-0.39, 0.29) is 5.82 Å². The third kappa shape index (κ3) is 4.39. The molecule has 0 saturated carbocycles. The number of rotatable bonds is 5. The predicted octanol–water partition coefficient (Wildman–Crippen LogP) is 3.26. The smallest absolute Gasteiger partial charge is 0.123 e. The van der Waals surface area contributed by atoms with E-state index < -0.39 is 0 Å². The molecule has 0 aromatic heterocycles. The minimum Gasteiger partial charge on any atom is -0.317 e. The second-order valence-corrected chi connectivity index (χ2v) is 6.02. The minimum absolute atomic E-state index is 0.178. The van der Waals surface area contributed by atoms with Crippen molar-refractivity contribution in [3.05, 3.63) is 71.0 Å². The maximum absolute atomic E-state index is 12.9. The molecule has 0 bridgehead atoms. The first-order valence-corrected chi connectivity index (χ1v) is 8.06. The van der Waals surface area contributed by atoms with Crippen LogP contribution in [0.2, 0.25) is 0 Å². The lowest BCUT2D eigenvalue weighted by molar-refractivity contribution is 0.386. The molecule has 2 N–H and O–H groups in total. The Labute approximate surface area is 131 Å². The van der Waals surface area contributed by atoms with Gasteiger partial charge in [-0.25, -0.2) is 4.39 Å². The third-order valence-electron chi connectivity index (χ3n) is 4.28. The summed E-state index contributed by atoms with van der Waals surface area (Å²) in [7, 11) is 0. The number of benzene rings is 2. The summed E-state index contributed by atoms with van der Waals surface area (Å²) in [6.07, 6.45) is 3.27. The summed E-state index contributed by atoms with van der Waals surface area (Å²) >= 11 is 0. The Kier molecular flexibility index (Phi) is 5.20. The van der Waals surface area contributed by atoms with Gasteiger partial charge in [0.2, 0.25) is 0 Å². The van der Waals surface area contributed by atoms with Gasteiger partial charge in [0.1, 0.15) is 5.82 Å². The van der Waals surface area contributed by atoms with Gasteiger partial charge in [0, 0.05) is 12.6 Å². The molecule has 2 aromatic carbocycles. The van der Waals surface area contributed by atoms with Crippen LogP contribution in [0, 0.1) is 5.82 Å². The van der Waals surface area contributed by atoms with Crippen LogP contribution in [0.25, 0.3) is 0 Å². The van der Waals surface area contributed by atoms with Crippen molar-refractivity contribution in [1.29, 1.82) is 0 Å². The molecule has 116 valence electrons. The van der Waals surface area contributed by atoms with Crippen LogP contribution >= 0.6 is 0 Å². The fourth-order valence-electron chi connectivity index (χ4n) is 2.90. The molecule has 0 radical (unpaired) electrons. The highest BCUT2D eigenvalue weighted by Gasteiger charge is 2.11. The zero-order valence-corrected chi connectivity index (χ0v) is 12.8. The molecule has 1 saturated heterocycles. The van der Waals surface area contributed by atoms with Crippen molar-refractivity contribution < 1.29 is 4.39 Å². The highest BCUT2D eigenvalue weighted by molar-refractivity contribution is 5.28. The second kappa shape index (κ2) is 7.52. The van der Waals surface area contributed by atoms with Crippen LogP contribution < -0.4 is 10.6 Å². The molecule has 0 atom stereocenters. The average Bonchev–Trinajstić information content (AvgIpc) is 2.57. The van der Waals surface area contributed by atoms with Gasteiger partial charge >= 0.3 is 0 Å². The quantitative estimate of drug-likeness (QED) is 0.885. The first-order valence-electron chi connectivity index (χ1n) is 8.06. The number of piperidine rings is 1. The van der Waals surface area contributed by atoms with E-state index >= 15 is 0 Å². The van der Waals surface area contributed by atoms with E-state index in [9.17, 15) is 4.39 Å². The topological polar surface area (TPSA) is 24.1 Å². The van der Waals surface area contributed by atoms with Crippen LogP contribution in [0.15, 0.2) is 48.5 Å². The molecule has 0 spiro atoms. The van der Waals surface area contributed by atoms with E-state index in [1.807, 2.05) is 12.1 Å². The molecule has 0 aliphatic carbocycles. The fourth-order valence-corrected chi connectivity index (χ4v) is 2.90. The summed E-state index contributed by atoms with van der Waals surface area (Å²) in [6, 6.07) is 16.1. The summed E-state index contributed by atoms with van der Waals surface area (Å²) in [5.74, 6) is -0.178. The van der Waals surface area contributed by atoms with Crippen LogP contribution in [0.1, 0.15) is 29.5 Å². The average molecular weight is 298 g/mol. The van der Waals surface area contributed by atoms with Crippen LogP contribution in [-0.4, -0.2) is 19.1 Å². The maximum atomic E-state index is 12.9. The molecule has 2 nitrogen and oxygen atoms in total. The van der Waals surface area contributed by atoms with Gasteiger partial charge in [-0.3, -0.25) is 0 Å². The van der Waals surface area contributed by atoms with Gasteiger partial charge in [0.25, 0.3) is 0 Å². The molecule has 1 aliphatic rings.